The monoisotopic (exact) mass is 251 g/mol. The minimum atomic E-state index is 0.533. The quantitative estimate of drug-likeness (QED) is 0.684. The zero-order valence-corrected chi connectivity index (χ0v) is 11.6. The molecular formula is C14H25N3O. The number of ether oxygens (including phenoxy) is 1. The molecule has 18 heavy (non-hydrogen) atoms. The van der Waals surface area contributed by atoms with E-state index in [2.05, 4.69) is 16.9 Å². The van der Waals surface area contributed by atoms with Gasteiger partial charge in [-0.05, 0) is 12.8 Å². The molecule has 0 radical (unpaired) electrons. The van der Waals surface area contributed by atoms with Gasteiger partial charge in [0.2, 0.25) is 5.88 Å². The van der Waals surface area contributed by atoms with Crippen molar-refractivity contribution < 1.29 is 4.74 Å². The summed E-state index contributed by atoms with van der Waals surface area (Å²) in [6.45, 7) is 4.98. The first-order valence-corrected chi connectivity index (χ1v) is 7.01. The van der Waals surface area contributed by atoms with Crippen molar-refractivity contribution in [1.82, 2.24) is 9.97 Å². The van der Waals surface area contributed by atoms with Crippen molar-refractivity contribution in [3.05, 3.63) is 11.9 Å². The third-order valence-corrected chi connectivity index (χ3v) is 3.03. The van der Waals surface area contributed by atoms with Gasteiger partial charge in [0.1, 0.15) is 12.1 Å². The molecule has 0 amide bonds. The molecule has 0 atom stereocenters. The Bertz CT molecular complexity index is 342. The number of nitrogens with two attached hydrogens (primary N) is 1. The minimum absolute atomic E-state index is 0.533. The van der Waals surface area contributed by atoms with Crippen LogP contribution in [-0.4, -0.2) is 16.6 Å². The Hall–Kier alpha value is -1.32. The van der Waals surface area contributed by atoms with Crippen molar-refractivity contribution in [2.45, 2.75) is 58.8 Å². The Balaban J connectivity index is 2.25. The van der Waals surface area contributed by atoms with Crippen LogP contribution in [0.5, 0.6) is 5.88 Å². The number of hydrogen-bond donors (Lipinski definition) is 1. The summed E-state index contributed by atoms with van der Waals surface area (Å²) in [5.74, 6) is 1.18. The zero-order valence-electron chi connectivity index (χ0n) is 11.6. The number of nitrogen functional groups attached to an aromatic ring is 1. The first-order chi connectivity index (χ1) is 8.79. The lowest BCUT2D eigenvalue weighted by Gasteiger charge is -2.10. The molecule has 102 valence electrons. The maximum Gasteiger partial charge on any atom is 0.221 e. The third kappa shape index (κ3) is 4.90. The lowest BCUT2D eigenvalue weighted by Crippen LogP contribution is -2.06. The van der Waals surface area contributed by atoms with Crippen molar-refractivity contribution in [2.75, 3.05) is 12.3 Å². The second kappa shape index (κ2) is 8.72. The van der Waals surface area contributed by atoms with Gasteiger partial charge in [-0.15, -0.1) is 0 Å². The second-order valence-corrected chi connectivity index (χ2v) is 4.51. The lowest BCUT2D eigenvalue weighted by atomic mass is 10.1. The van der Waals surface area contributed by atoms with Crippen LogP contribution in [0.25, 0.3) is 0 Å². The molecule has 0 spiro atoms. The molecule has 0 bridgehead atoms. The highest BCUT2D eigenvalue weighted by Gasteiger charge is 2.07. The van der Waals surface area contributed by atoms with Gasteiger partial charge in [-0.1, -0.05) is 46.0 Å². The van der Waals surface area contributed by atoms with Crippen LogP contribution in [0.2, 0.25) is 0 Å². The third-order valence-electron chi connectivity index (χ3n) is 3.03. The Kier molecular flexibility index (Phi) is 7.14. The fourth-order valence-corrected chi connectivity index (χ4v) is 1.92. The Morgan fingerprint density at radius 2 is 1.78 bits per heavy atom. The van der Waals surface area contributed by atoms with E-state index in [4.69, 9.17) is 10.5 Å². The predicted octanol–water partition coefficient (Wildman–Crippen LogP) is 3.36. The zero-order chi connectivity index (χ0) is 13.2. The largest absolute Gasteiger partial charge is 0.477 e. The molecule has 0 unspecified atom stereocenters. The van der Waals surface area contributed by atoms with E-state index in [-0.39, 0.29) is 0 Å². The van der Waals surface area contributed by atoms with Crippen molar-refractivity contribution >= 4 is 5.82 Å². The van der Waals surface area contributed by atoms with E-state index in [1.54, 1.807) is 0 Å². The molecule has 2 N–H and O–H groups in total. The molecule has 1 rings (SSSR count). The molecule has 0 aliphatic carbocycles. The Morgan fingerprint density at radius 3 is 2.50 bits per heavy atom. The van der Waals surface area contributed by atoms with Gasteiger partial charge in [0.05, 0.1) is 12.2 Å². The summed E-state index contributed by atoms with van der Waals surface area (Å²) in [6, 6.07) is 0. The number of hydrogen-bond acceptors (Lipinski definition) is 4. The number of aromatic nitrogens is 2. The highest BCUT2D eigenvalue weighted by atomic mass is 16.5. The number of anilines is 1. The molecule has 0 saturated carbocycles. The molecule has 0 saturated heterocycles. The van der Waals surface area contributed by atoms with Gasteiger partial charge in [0, 0.05) is 0 Å². The van der Waals surface area contributed by atoms with E-state index in [1.807, 2.05) is 6.92 Å². The Morgan fingerprint density at radius 1 is 1.06 bits per heavy atom. The maximum absolute atomic E-state index is 5.79. The molecule has 1 aromatic rings. The highest BCUT2D eigenvalue weighted by Crippen LogP contribution is 2.20. The lowest BCUT2D eigenvalue weighted by molar-refractivity contribution is 0.290. The summed E-state index contributed by atoms with van der Waals surface area (Å²) in [5, 5.41) is 0. The minimum Gasteiger partial charge on any atom is -0.477 e. The maximum atomic E-state index is 5.79. The standard InChI is InChI=1S/C14H25N3O/c1-3-5-6-7-8-9-10-18-14-12(4-2)13(15)16-11-17-14/h11H,3-10H2,1-2H3,(H2,15,16,17). The van der Waals surface area contributed by atoms with Crippen LogP contribution in [0.4, 0.5) is 5.82 Å². The molecule has 1 heterocycles. The van der Waals surface area contributed by atoms with Gasteiger partial charge in [0.15, 0.2) is 0 Å². The van der Waals surface area contributed by atoms with E-state index < -0.39 is 0 Å². The van der Waals surface area contributed by atoms with Crippen molar-refractivity contribution in [3.8, 4) is 5.88 Å². The molecule has 0 aliphatic rings. The van der Waals surface area contributed by atoms with Gasteiger partial charge < -0.3 is 10.5 Å². The normalized spacial score (nSPS) is 10.6. The van der Waals surface area contributed by atoms with Crippen LogP contribution >= 0.6 is 0 Å². The van der Waals surface area contributed by atoms with Crippen LogP contribution in [0.3, 0.4) is 0 Å². The average Bonchev–Trinajstić information content (AvgIpc) is 2.38. The molecule has 0 aromatic carbocycles. The van der Waals surface area contributed by atoms with E-state index in [0.717, 1.165) is 25.0 Å². The first kappa shape index (κ1) is 14.7. The van der Waals surface area contributed by atoms with Crippen molar-refractivity contribution in [1.29, 1.82) is 0 Å². The SMILES string of the molecule is CCCCCCCCOc1ncnc(N)c1CC. The topological polar surface area (TPSA) is 61.0 Å². The smallest absolute Gasteiger partial charge is 0.221 e. The fourth-order valence-electron chi connectivity index (χ4n) is 1.92. The van der Waals surface area contributed by atoms with Gasteiger partial charge in [-0.2, -0.15) is 0 Å². The summed E-state index contributed by atoms with van der Waals surface area (Å²) >= 11 is 0. The predicted molar refractivity (Wildman–Crippen MR) is 74.7 cm³/mol. The second-order valence-electron chi connectivity index (χ2n) is 4.51. The number of unbranched alkanes of at least 4 members (excludes halogenated alkanes) is 5. The van der Waals surface area contributed by atoms with Crippen LogP contribution in [-0.2, 0) is 6.42 Å². The van der Waals surface area contributed by atoms with E-state index in [0.29, 0.717) is 11.7 Å². The van der Waals surface area contributed by atoms with Crippen molar-refractivity contribution in [2.24, 2.45) is 0 Å². The molecule has 4 heteroatoms. The summed E-state index contributed by atoms with van der Waals surface area (Å²) < 4.78 is 5.68. The van der Waals surface area contributed by atoms with Gasteiger partial charge in [0.25, 0.3) is 0 Å². The summed E-state index contributed by atoms with van der Waals surface area (Å²) in [5.41, 5.74) is 6.71. The van der Waals surface area contributed by atoms with Crippen LogP contribution in [0, 0.1) is 0 Å². The van der Waals surface area contributed by atoms with Crippen LogP contribution < -0.4 is 10.5 Å². The van der Waals surface area contributed by atoms with Crippen LogP contribution in [0.15, 0.2) is 6.33 Å². The van der Waals surface area contributed by atoms with E-state index in [1.165, 1.54) is 38.4 Å². The van der Waals surface area contributed by atoms with Crippen LogP contribution in [0.1, 0.15) is 57.9 Å². The highest BCUT2D eigenvalue weighted by molar-refractivity contribution is 5.44. The van der Waals surface area contributed by atoms with E-state index >= 15 is 0 Å². The van der Waals surface area contributed by atoms with E-state index in [9.17, 15) is 0 Å². The van der Waals surface area contributed by atoms with Gasteiger partial charge >= 0.3 is 0 Å². The Labute approximate surface area is 110 Å². The molecular weight excluding hydrogens is 226 g/mol. The number of nitrogens with zero attached hydrogens (tertiary/aromatic N) is 2. The molecule has 4 nitrogen and oxygen atoms in total. The first-order valence-electron chi connectivity index (χ1n) is 7.01. The fraction of sp³-hybridized carbons (Fsp3) is 0.714. The summed E-state index contributed by atoms with van der Waals surface area (Å²) in [6.07, 6.45) is 9.82. The average molecular weight is 251 g/mol. The van der Waals surface area contributed by atoms with Gasteiger partial charge in [-0.25, -0.2) is 9.97 Å². The van der Waals surface area contributed by atoms with Crippen molar-refractivity contribution in [3.63, 3.8) is 0 Å². The molecule has 0 fully saturated rings. The number of rotatable bonds is 9. The van der Waals surface area contributed by atoms with Gasteiger partial charge in [-0.3, -0.25) is 0 Å². The summed E-state index contributed by atoms with van der Waals surface area (Å²) in [7, 11) is 0. The molecule has 0 aliphatic heterocycles. The summed E-state index contributed by atoms with van der Waals surface area (Å²) in [4.78, 5) is 8.12. The molecule has 1 aromatic heterocycles.